The first-order valence-electron chi connectivity index (χ1n) is 18.9. The SMILES string of the molecule is CCCCCC=CCC=CCCCCCCCCNC(=O)C(CN)NC(=O)CCCCCCCC=CCCCCCCCC. The van der Waals surface area contributed by atoms with Crippen molar-refractivity contribution in [3.05, 3.63) is 36.5 Å². The van der Waals surface area contributed by atoms with E-state index in [9.17, 15) is 9.59 Å². The second kappa shape index (κ2) is 35.6. The standard InChI is InChI=1S/C39H73N3O2/c1-3-5-7-9-11-13-15-17-19-21-23-25-27-29-31-33-35-41-39(44)37(36-40)42-38(43)34-32-30-28-26-24-22-20-18-16-14-12-10-8-6-4-2/h11,13,17-20,37H,3-10,12,14-16,21-36,40H2,1-2H3,(H,41,44)(H,42,43). The van der Waals surface area contributed by atoms with E-state index in [1.165, 1.54) is 122 Å². The number of unbranched alkanes of at least 4 members (excludes halogenated alkanes) is 20. The third-order valence-electron chi connectivity index (χ3n) is 8.23. The number of amides is 2. The molecule has 0 radical (unpaired) electrons. The maximum Gasteiger partial charge on any atom is 0.243 e. The van der Waals surface area contributed by atoms with Gasteiger partial charge in [-0.1, -0.05) is 140 Å². The molecular weight excluding hydrogens is 542 g/mol. The zero-order valence-corrected chi connectivity index (χ0v) is 29.2. The predicted molar refractivity (Wildman–Crippen MR) is 193 cm³/mol. The molecule has 0 fully saturated rings. The topological polar surface area (TPSA) is 84.2 Å². The van der Waals surface area contributed by atoms with Crippen LogP contribution in [0.2, 0.25) is 0 Å². The lowest BCUT2D eigenvalue weighted by molar-refractivity contribution is -0.128. The average molecular weight is 616 g/mol. The van der Waals surface area contributed by atoms with Gasteiger partial charge in [0, 0.05) is 19.5 Å². The summed E-state index contributed by atoms with van der Waals surface area (Å²) >= 11 is 0. The summed E-state index contributed by atoms with van der Waals surface area (Å²) < 4.78 is 0. The zero-order valence-electron chi connectivity index (χ0n) is 29.2. The van der Waals surface area contributed by atoms with E-state index in [4.69, 9.17) is 5.73 Å². The number of hydrogen-bond acceptors (Lipinski definition) is 3. The summed E-state index contributed by atoms with van der Waals surface area (Å²) in [4.78, 5) is 24.8. The monoisotopic (exact) mass is 616 g/mol. The molecule has 1 unspecified atom stereocenters. The van der Waals surface area contributed by atoms with Gasteiger partial charge in [-0.2, -0.15) is 0 Å². The Morgan fingerprint density at radius 1 is 0.545 bits per heavy atom. The first kappa shape index (κ1) is 42.1. The van der Waals surface area contributed by atoms with Crippen LogP contribution >= 0.6 is 0 Å². The second-order valence-electron chi connectivity index (χ2n) is 12.6. The van der Waals surface area contributed by atoms with Crippen LogP contribution in [0.5, 0.6) is 0 Å². The molecule has 0 aromatic carbocycles. The van der Waals surface area contributed by atoms with E-state index in [0.29, 0.717) is 13.0 Å². The molecule has 1 atom stereocenters. The summed E-state index contributed by atoms with van der Waals surface area (Å²) in [5, 5.41) is 5.79. The molecule has 0 aliphatic carbocycles. The first-order valence-corrected chi connectivity index (χ1v) is 18.9. The van der Waals surface area contributed by atoms with Gasteiger partial charge in [-0.05, 0) is 70.6 Å². The molecule has 2 amide bonds. The molecule has 256 valence electrons. The van der Waals surface area contributed by atoms with Gasteiger partial charge < -0.3 is 16.4 Å². The van der Waals surface area contributed by atoms with E-state index in [0.717, 1.165) is 38.5 Å². The van der Waals surface area contributed by atoms with Gasteiger partial charge in [-0.15, -0.1) is 0 Å². The van der Waals surface area contributed by atoms with Gasteiger partial charge in [0.15, 0.2) is 0 Å². The molecule has 0 saturated carbocycles. The Hall–Kier alpha value is -1.88. The van der Waals surface area contributed by atoms with Crippen LogP contribution in [0.3, 0.4) is 0 Å². The van der Waals surface area contributed by atoms with Crippen LogP contribution in [0.15, 0.2) is 36.5 Å². The molecule has 0 heterocycles. The molecule has 0 aromatic rings. The van der Waals surface area contributed by atoms with Gasteiger partial charge in [0.1, 0.15) is 6.04 Å². The molecular formula is C39H73N3O2. The van der Waals surface area contributed by atoms with Crippen LogP contribution in [0, 0.1) is 0 Å². The fourth-order valence-corrected chi connectivity index (χ4v) is 5.30. The lowest BCUT2D eigenvalue weighted by atomic mass is 10.1. The zero-order chi connectivity index (χ0) is 32.2. The maximum atomic E-state index is 12.5. The second-order valence-corrected chi connectivity index (χ2v) is 12.6. The summed E-state index contributed by atoms with van der Waals surface area (Å²) in [5.74, 6) is -0.227. The maximum absolute atomic E-state index is 12.5. The molecule has 0 spiro atoms. The van der Waals surface area contributed by atoms with Crippen molar-refractivity contribution in [1.29, 1.82) is 0 Å². The minimum Gasteiger partial charge on any atom is -0.354 e. The number of allylic oxidation sites excluding steroid dienone is 6. The van der Waals surface area contributed by atoms with Gasteiger partial charge in [0.05, 0.1) is 0 Å². The summed E-state index contributed by atoms with van der Waals surface area (Å²) in [6, 6.07) is -0.629. The van der Waals surface area contributed by atoms with Crippen LogP contribution in [0.1, 0.15) is 181 Å². The third kappa shape index (κ3) is 31.5. The first-order chi connectivity index (χ1) is 21.7. The lowest BCUT2D eigenvalue weighted by Gasteiger charge is -2.16. The van der Waals surface area contributed by atoms with Crippen molar-refractivity contribution in [1.82, 2.24) is 10.6 Å². The Morgan fingerprint density at radius 3 is 1.48 bits per heavy atom. The largest absolute Gasteiger partial charge is 0.354 e. The Bertz CT molecular complexity index is 716. The highest BCUT2D eigenvalue weighted by Gasteiger charge is 2.18. The Labute approximate surface area is 273 Å². The summed E-state index contributed by atoms with van der Waals surface area (Å²) in [6.07, 6.45) is 44.9. The molecule has 5 heteroatoms. The highest BCUT2D eigenvalue weighted by molar-refractivity contribution is 5.87. The molecule has 4 N–H and O–H groups in total. The highest BCUT2D eigenvalue weighted by Crippen LogP contribution is 2.11. The smallest absolute Gasteiger partial charge is 0.243 e. The summed E-state index contributed by atoms with van der Waals surface area (Å²) in [5.41, 5.74) is 5.78. The van der Waals surface area contributed by atoms with Gasteiger partial charge in [-0.3, -0.25) is 9.59 Å². The van der Waals surface area contributed by atoms with Gasteiger partial charge in [0.2, 0.25) is 11.8 Å². The number of rotatable bonds is 33. The van der Waals surface area contributed by atoms with Crippen molar-refractivity contribution in [2.75, 3.05) is 13.1 Å². The van der Waals surface area contributed by atoms with Crippen molar-refractivity contribution in [2.24, 2.45) is 5.73 Å². The van der Waals surface area contributed by atoms with E-state index < -0.39 is 6.04 Å². The van der Waals surface area contributed by atoms with Crippen LogP contribution in [-0.4, -0.2) is 30.9 Å². The quantitative estimate of drug-likeness (QED) is 0.0507. The number of carbonyl (C=O) groups excluding carboxylic acids is 2. The Balaban J connectivity index is 3.61. The molecule has 0 saturated heterocycles. The van der Waals surface area contributed by atoms with Crippen LogP contribution in [-0.2, 0) is 9.59 Å². The van der Waals surface area contributed by atoms with Gasteiger partial charge in [0.25, 0.3) is 0 Å². The minimum absolute atomic E-state index is 0.0676. The van der Waals surface area contributed by atoms with E-state index >= 15 is 0 Å². The van der Waals surface area contributed by atoms with Crippen molar-refractivity contribution in [2.45, 2.75) is 187 Å². The number of carbonyl (C=O) groups is 2. The van der Waals surface area contributed by atoms with Crippen LogP contribution < -0.4 is 16.4 Å². The summed E-state index contributed by atoms with van der Waals surface area (Å²) in [7, 11) is 0. The molecule has 0 rings (SSSR count). The number of nitrogens with one attached hydrogen (secondary N) is 2. The molecule has 44 heavy (non-hydrogen) atoms. The van der Waals surface area contributed by atoms with Gasteiger partial charge in [-0.25, -0.2) is 0 Å². The van der Waals surface area contributed by atoms with E-state index in [2.05, 4.69) is 60.9 Å². The normalized spacial score (nSPS) is 12.5. The molecule has 0 aliphatic heterocycles. The van der Waals surface area contributed by atoms with E-state index in [1.807, 2.05) is 0 Å². The number of hydrogen-bond donors (Lipinski definition) is 3. The summed E-state index contributed by atoms with van der Waals surface area (Å²) in [6.45, 7) is 5.29. The molecule has 5 nitrogen and oxygen atoms in total. The highest BCUT2D eigenvalue weighted by atomic mass is 16.2. The Kier molecular flexibility index (Phi) is 34.1. The minimum atomic E-state index is -0.629. The molecule has 0 aliphatic rings. The van der Waals surface area contributed by atoms with E-state index in [1.54, 1.807) is 0 Å². The Morgan fingerprint density at radius 2 is 0.955 bits per heavy atom. The fourth-order valence-electron chi connectivity index (χ4n) is 5.30. The van der Waals surface area contributed by atoms with Gasteiger partial charge >= 0.3 is 0 Å². The molecule has 0 aromatic heterocycles. The van der Waals surface area contributed by atoms with Crippen LogP contribution in [0.25, 0.3) is 0 Å². The van der Waals surface area contributed by atoms with Crippen molar-refractivity contribution < 1.29 is 9.59 Å². The fraction of sp³-hybridized carbons (Fsp3) is 0.795. The van der Waals surface area contributed by atoms with E-state index in [-0.39, 0.29) is 18.4 Å². The third-order valence-corrected chi connectivity index (χ3v) is 8.23. The van der Waals surface area contributed by atoms with Crippen molar-refractivity contribution in [3.63, 3.8) is 0 Å². The van der Waals surface area contributed by atoms with Crippen LogP contribution in [0.4, 0.5) is 0 Å². The van der Waals surface area contributed by atoms with Crippen molar-refractivity contribution >= 4 is 11.8 Å². The lowest BCUT2D eigenvalue weighted by Crippen LogP contribution is -2.50. The average Bonchev–Trinajstić information content (AvgIpc) is 3.03. The molecule has 0 bridgehead atoms. The predicted octanol–water partition coefficient (Wildman–Crippen LogP) is 10.4. The van der Waals surface area contributed by atoms with Crippen molar-refractivity contribution in [3.8, 4) is 0 Å². The number of nitrogens with two attached hydrogens (primary N) is 1.